The molecule has 0 radical (unpaired) electrons. The summed E-state index contributed by atoms with van der Waals surface area (Å²) in [4.78, 5) is 27.7. The molecule has 1 amide bonds. The second kappa shape index (κ2) is 7.59. The summed E-state index contributed by atoms with van der Waals surface area (Å²) in [6.45, 7) is 3.36. The van der Waals surface area contributed by atoms with Crippen molar-refractivity contribution < 1.29 is 9.90 Å². The molecule has 0 spiro atoms. The zero-order chi connectivity index (χ0) is 15.2. The van der Waals surface area contributed by atoms with E-state index in [0.717, 1.165) is 32.5 Å². The van der Waals surface area contributed by atoms with Gasteiger partial charge in [0.05, 0.1) is 5.56 Å². The Morgan fingerprint density at radius 1 is 1.57 bits per heavy atom. The molecule has 0 unspecified atom stereocenters. The molecule has 6 nitrogen and oxygen atoms in total. The molecule has 1 aromatic rings. The van der Waals surface area contributed by atoms with Crippen molar-refractivity contribution in [3.05, 3.63) is 33.2 Å². The highest BCUT2D eigenvalue weighted by molar-refractivity contribution is 6.30. The second-order valence-corrected chi connectivity index (χ2v) is 5.72. The van der Waals surface area contributed by atoms with Crippen LogP contribution < -0.4 is 10.9 Å². The number of aliphatic hydroxyl groups is 1. The first-order valence-electron chi connectivity index (χ1n) is 7.10. The van der Waals surface area contributed by atoms with Crippen LogP contribution in [0.15, 0.2) is 17.1 Å². The molecule has 1 atom stereocenters. The first-order valence-corrected chi connectivity index (χ1v) is 7.47. The zero-order valence-corrected chi connectivity index (χ0v) is 12.5. The van der Waals surface area contributed by atoms with Crippen molar-refractivity contribution in [2.75, 3.05) is 32.8 Å². The van der Waals surface area contributed by atoms with E-state index in [1.54, 1.807) is 0 Å². The maximum absolute atomic E-state index is 11.9. The van der Waals surface area contributed by atoms with Crippen molar-refractivity contribution in [2.24, 2.45) is 5.92 Å². The molecule has 7 heteroatoms. The number of likely N-dealkylation sites (tertiary alicyclic amines) is 1. The van der Waals surface area contributed by atoms with Crippen molar-refractivity contribution in [1.29, 1.82) is 0 Å². The van der Waals surface area contributed by atoms with Gasteiger partial charge >= 0.3 is 0 Å². The maximum atomic E-state index is 11.9. The number of aliphatic hydroxyl groups excluding tert-OH is 1. The number of H-pyrrole nitrogens is 1. The minimum absolute atomic E-state index is 0.00414. The Morgan fingerprint density at radius 3 is 3.10 bits per heavy atom. The number of pyridine rings is 1. The fourth-order valence-corrected chi connectivity index (χ4v) is 2.69. The molecule has 1 aliphatic heterocycles. The fourth-order valence-electron chi connectivity index (χ4n) is 2.52. The number of nitrogens with one attached hydrogen (secondary N) is 2. The largest absolute Gasteiger partial charge is 0.396 e. The number of halogens is 1. The van der Waals surface area contributed by atoms with Crippen molar-refractivity contribution >= 4 is 17.5 Å². The van der Waals surface area contributed by atoms with E-state index in [4.69, 9.17) is 11.6 Å². The number of carbonyl (C=O) groups is 1. The van der Waals surface area contributed by atoms with Gasteiger partial charge in [0.25, 0.3) is 11.5 Å². The smallest absolute Gasteiger partial charge is 0.266 e. The van der Waals surface area contributed by atoms with Crippen LogP contribution in [0.4, 0.5) is 0 Å². The number of aromatic nitrogens is 1. The van der Waals surface area contributed by atoms with Gasteiger partial charge in [0, 0.05) is 32.4 Å². The topological polar surface area (TPSA) is 85.4 Å². The van der Waals surface area contributed by atoms with Gasteiger partial charge in [-0.25, -0.2) is 0 Å². The number of hydrogen-bond acceptors (Lipinski definition) is 4. The van der Waals surface area contributed by atoms with E-state index in [0.29, 0.717) is 18.0 Å². The van der Waals surface area contributed by atoms with Crippen molar-refractivity contribution in [3.63, 3.8) is 0 Å². The number of amides is 1. The van der Waals surface area contributed by atoms with E-state index in [2.05, 4.69) is 15.2 Å². The third kappa shape index (κ3) is 4.56. The summed E-state index contributed by atoms with van der Waals surface area (Å²) in [5, 5.41) is 12.0. The fraction of sp³-hybridized carbons (Fsp3) is 0.571. The third-order valence-corrected chi connectivity index (χ3v) is 3.98. The highest BCUT2D eigenvalue weighted by Crippen LogP contribution is 2.14. The van der Waals surface area contributed by atoms with Crippen LogP contribution in [0.2, 0.25) is 5.02 Å². The number of carbonyl (C=O) groups excluding carboxylic acids is 1. The molecular formula is C14H20ClN3O3. The van der Waals surface area contributed by atoms with Crippen molar-refractivity contribution in [3.8, 4) is 0 Å². The lowest BCUT2D eigenvalue weighted by atomic mass is 9.99. The van der Waals surface area contributed by atoms with Gasteiger partial charge in [-0.05, 0) is 31.4 Å². The van der Waals surface area contributed by atoms with Gasteiger partial charge in [-0.1, -0.05) is 11.6 Å². The Hall–Kier alpha value is -1.37. The molecule has 2 heterocycles. The number of nitrogens with zero attached hydrogens (tertiary/aromatic N) is 1. The normalized spacial score (nSPS) is 19.4. The average Bonchev–Trinajstić information content (AvgIpc) is 2.50. The molecule has 1 aromatic heterocycles. The molecule has 3 N–H and O–H groups in total. The Kier molecular flexibility index (Phi) is 5.78. The summed E-state index contributed by atoms with van der Waals surface area (Å²) in [6, 6.07) is 1.36. The maximum Gasteiger partial charge on any atom is 0.266 e. The Morgan fingerprint density at radius 2 is 2.38 bits per heavy atom. The highest BCUT2D eigenvalue weighted by atomic mass is 35.5. The summed E-state index contributed by atoms with van der Waals surface area (Å²) in [5.74, 6) is 0.0799. The molecule has 1 saturated heterocycles. The molecule has 2 rings (SSSR count). The molecule has 1 aliphatic rings. The molecule has 1 fully saturated rings. The van der Waals surface area contributed by atoms with Crippen LogP contribution in [0.5, 0.6) is 0 Å². The van der Waals surface area contributed by atoms with Gasteiger partial charge in [0.15, 0.2) is 0 Å². The Balaban J connectivity index is 1.78. The van der Waals surface area contributed by atoms with Gasteiger partial charge in [-0.15, -0.1) is 0 Å². The molecular weight excluding hydrogens is 294 g/mol. The highest BCUT2D eigenvalue weighted by Gasteiger charge is 2.18. The monoisotopic (exact) mass is 313 g/mol. The van der Waals surface area contributed by atoms with Gasteiger partial charge < -0.3 is 20.3 Å². The van der Waals surface area contributed by atoms with E-state index in [-0.39, 0.29) is 17.5 Å². The van der Waals surface area contributed by atoms with Crippen LogP contribution in [0.3, 0.4) is 0 Å². The first-order chi connectivity index (χ1) is 10.1. The third-order valence-electron chi connectivity index (χ3n) is 3.69. The van der Waals surface area contributed by atoms with Crippen LogP contribution in [0.1, 0.15) is 23.2 Å². The van der Waals surface area contributed by atoms with Crippen LogP contribution in [0.25, 0.3) is 0 Å². The van der Waals surface area contributed by atoms with Gasteiger partial charge in [0.1, 0.15) is 5.02 Å². The lowest BCUT2D eigenvalue weighted by molar-refractivity contribution is 0.0930. The molecule has 0 bridgehead atoms. The summed E-state index contributed by atoms with van der Waals surface area (Å²) in [6.07, 6.45) is 3.50. The van der Waals surface area contributed by atoms with E-state index in [1.807, 2.05) is 0 Å². The van der Waals surface area contributed by atoms with Crippen molar-refractivity contribution in [1.82, 2.24) is 15.2 Å². The summed E-state index contributed by atoms with van der Waals surface area (Å²) >= 11 is 5.69. The molecule has 0 saturated carbocycles. The predicted octanol–water partition coefficient (Wildman–Crippen LogP) is 0.462. The SMILES string of the molecule is O=C(NCCN1CCC[C@H](CO)C1)c1c[nH]c(=O)c(Cl)c1. The number of aromatic amines is 1. The van der Waals surface area contributed by atoms with Crippen LogP contribution >= 0.6 is 11.6 Å². The number of piperidine rings is 1. The lowest BCUT2D eigenvalue weighted by Crippen LogP contribution is -2.41. The van der Waals surface area contributed by atoms with E-state index < -0.39 is 5.56 Å². The average molecular weight is 314 g/mol. The molecule has 21 heavy (non-hydrogen) atoms. The van der Waals surface area contributed by atoms with E-state index in [9.17, 15) is 14.7 Å². The van der Waals surface area contributed by atoms with E-state index in [1.165, 1.54) is 12.3 Å². The Bertz CT molecular complexity index is 547. The van der Waals surface area contributed by atoms with E-state index >= 15 is 0 Å². The van der Waals surface area contributed by atoms with Gasteiger partial charge in [0.2, 0.25) is 0 Å². The zero-order valence-electron chi connectivity index (χ0n) is 11.8. The van der Waals surface area contributed by atoms with Crippen LogP contribution in [-0.4, -0.2) is 53.7 Å². The predicted molar refractivity (Wildman–Crippen MR) is 80.7 cm³/mol. The summed E-state index contributed by atoms with van der Waals surface area (Å²) in [7, 11) is 0. The lowest BCUT2D eigenvalue weighted by Gasteiger charge is -2.31. The van der Waals surface area contributed by atoms with Crippen LogP contribution in [-0.2, 0) is 0 Å². The molecule has 0 aliphatic carbocycles. The molecule has 0 aromatic carbocycles. The second-order valence-electron chi connectivity index (χ2n) is 5.31. The first kappa shape index (κ1) is 16.0. The minimum atomic E-state index is -0.406. The summed E-state index contributed by atoms with van der Waals surface area (Å²) in [5.41, 5.74) is -0.0666. The van der Waals surface area contributed by atoms with Crippen molar-refractivity contribution in [2.45, 2.75) is 12.8 Å². The minimum Gasteiger partial charge on any atom is -0.396 e. The quantitative estimate of drug-likeness (QED) is 0.737. The number of hydrogen-bond donors (Lipinski definition) is 3. The summed E-state index contributed by atoms with van der Waals surface area (Å²) < 4.78 is 0. The van der Waals surface area contributed by atoms with Crippen LogP contribution in [0, 0.1) is 5.92 Å². The van der Waals surface area contributed by atoms with Gasteiger partial charge in [-0.2, -0.15) is 0 Å². The van der Waals surface area contributed by atoms with Gasteiger partial charge in [-0.3, -0.25) is 9.59 Å². The molecule has 116 valence electrons. The Labute approximate surface area is 128 Å². The number of rotatable bonds is 5. The standard InChI is InChI=1S/C14H20ClN3O3/c15-12-6-11(7-17-14(12)21)13(20)16-3-5-18-4-1-2-10(8-18)9-19/h6-7,10,19H,1-5,8-9H2,(H,16,20)(H,17,21)/t10-/m0/s1.